The van der Waals surface area contributed by atoms with Crippen molar-refractivity contribution in [1.29, 1.82) is 0 Å². The molecule has 0 saturated carbocycles. The van der Waals surface area contributed by atoms with Crippen molar-refractivity contribution in [3.8, 4) is 11.5 Å². The fourth-order valence-electron chi connectivity index (χ4n) is 2.00. The molecule has 0 aliphatic carbocycles. The van der Waals surface area contributed by atoms with E-state index < -0.39 is 0 Å². The summed E-state index contributed by atoms with van der Waals surface area (Å²) in [7, 11) is 1.68. The quantitative estimate of drug-likeness (QED) is 0.809. The number of ether oxygens (including phenoxy) is 2. The molecule has 0 unspecified atom stereocenters. The first-order valence-corrected chi connectivity index (χ1v) is 6.02. The zero-order chi connectivity index (χ0) is 13.0. The fourth-order valence-corrected chi connectivity index (χ4v) is 2.00. The van der Waals surface area contributed by atoms with Crippen LogP contribution in [-0.4, -0.2) is 7.11 Å². The molecule has 0 aliphatic heterocycles. The molecule has 2 heteroatoms. The van der Waals surface area contributed by atoms with Gasteiger partial charge in [0, 0.05) is 5.56 Å². The molecule has 0 aliphatic rings. The molecule has 0 fully saturated rings. The van der Waals surface area contributed by atoms with Gasteiger partial charge in [-0.1, -0.05) is 24.3 Å². The second-order valence-corrected chi connectivity index (χ2v) is 4.42. The third kappa shape index (κ3) is 3.04. The van der Waals surface area contributed by atoms with Crippen molar-refractivity contribution >= 4 is 0 Å². The van der Waals surface area contributed by atoms with Gasteiger partial charge in [0.2, 0.25) is 0 Å². The summed E-state index contributed by atoms with van der Waals surface area (Å²) in [6.45, 7) is 4.67. The normalized spacial score (nSPS) is 10.2. The molecule has 0 spiro atoms. The minimum Gasteiger partial charge on any atom is -0.496 e. The number of para-hydroxylation sites is 1. The Bertz CT molecular complexity index is 512. The number of benzene rings is 2. The molecule has 0 N–H and O–H groups in total. The van der Waals surface area contributed by atoms with E-state index in [-0.39, 0.29) is 0 Å². The minimum absolute atomic E-state index is 0.521. The largest absolute Gasteiger partial charge is 0.496 e. The van der Waals surface area contributed by atoms with E-state index in [0.29, 0.717) is 6.61 Å². The molecular weight excluding hydrogens is 224 g/mol. The second-order valence-electron chi connectivity index (χ2n) is 4.42. The molecule has 0 aromatic heterocycles. The van der Waals surface area contributed by atoms with E-state index in [1.807, 2.05) is 36.4 Å². The van der Waals surface area contributed by atoms with Gasteiger partial charge in [-0.25, -0.2) is 0 Å². The Labute approximate surface area is 108 Å². The van der Waals surface area contributed by atoms with Crippen molar-refractivity contribution in [1.82, 2.24) is 0 Å². The highest BCUT2D eigenvalue weighted by Gasteiger charge is 2.03. The number of hydrogen-bond donors (Lipinski definition) is 0. The summed E-state index contributed by atoms with van der Waals surface area (Å²) in [5.41, 5.74) is 3.48. The summed E-state index contributed by atoms with van der Waals surface area (Å²) in [4.78, 5) is 0. The van der Waals surface area contributed by atoms with Gasteiger partial charge < -0.3 is 9.47 Å². The number of hydrogen-bond acceptors (Lipinski definition) is 2. The van der Waals surface area contributed by atoms with E-state index in [0.717, 1.165) is 17.1 Å². The molecule has 2 nitrogen and oxygen atoms in total. The van der Waals surface area contributed by atoms with Gasteiger partial charge in [0.25, 0.3) is 0 Å². The van der Waals surface area contributed by atoms with Crippen LogP contribution in [0.3, 0.4) is 0 Å². The molecule has 0 radical (unpaired) electrons. The molecule has 2 aromatic rings. The summed E-state index contributed by atoms with van der Waals surface area (Å²) in [6.07, 6.45) is 0. The first-order valence-electron chi connectivity index (χ1n) is 6.02. The Morgan fingerprint density at radius 2 is 1.61 bits per heavy atom. The third-order valence-electron chi connectivity index (χ3n) is 2.78. The van der Waals surface area contributed by atoms with Crippen LogP contribution in [0.1, 0.15) is 16.7 Å². The van der Waals surface area contributed by atoms with Crippen molar-refractivity contribution in [2.75, 3.05) is 7.11 Å². The predicted molar refractivity (Wildman–Crippen MR) is 73.2 cm³/mol. The van der Waals surface area contributed by atoms with Crippen LogP contribution < -0.4 is 9.47 Å². The van der Waals surface area contributed by atoms with Crippen LogP contribution in [0.15, 0.2) is 42.5 Å². The van der Waals surface area contributed by atoms with Gasteiger partial charge in [0.15, 0.2) is 0 Å². The van der Waals surface area contributed by atoms with Crippen molar-refractivity contribution in [3.63, 3.8) is 0 Å². The topological polar surface area (TPSA) is 18.5 Å². The Kier molecular flexibility index (Phi) is 3.88. The Morgan fingerprint density at radius 3 is 2.28 bits per heavy atom. The summed E-state index contributed by atoms with van der Waals surface area (Å²) in [6, 6.07) is 14.1. The lowest BCUT2D eigenvalue weighted by molar-refractivity contribution is 0.296. The maximum Gasteiger partial charge on any atom is 0.125 e. The lowest BCUT2D eigenvalue weighted by Crippen LogP contribution is -1.98. The van der Waals surface area contributed by atoms with Crippen LogP contribution >= 0.6 is 0 Å². The van der Waals surface area contributed by atoms with Crippen LogP contribution in [0, 0.1) is 13.8 Å². The van der Waals surface area contributed by atoms with Crippen molar-refractivity contribution in [2.24, 2.45) is 0 Å². The Balaban J connectivity index is 2.11. The Morgan fingerprint density at radius 1 is 0.944 bits per heavy atom. The van der Waals surface area contributed by atoms with E-state index >= 15 is 0 Å². The van der Waals surface area contributed by atoms with Gasteiger partial charge in [-0.15, -0.1) is 0 Å². The molecule has 2 aromatic carbocycles. The number of rotatable bonds is 4. The molecule has 0 atom stereocenters. The zero-order valence-electron chi connectivity index (χ0n) is 11.1. The first kappa shape index (κ1) is 12.5. The fraction of sp³-hybridized carbons (Fsp3) is 0.250. The van der Waals surface area contributed by atoms with Gasteiger partial charge in [-0.3, -0.25) is 0 Å². The highest BCUT2D eigenvalue weighted by molar-refractivity contribution is 5.35. The average molecular weight is 242 g/mol. The van der Waals surface area contributed by atoms with Crippen LogP contribution in [0.25, 0.3) is 0 Å². The molecule has 0 heterocycles. The second kappa shape index (κ2) is 5.58. The lowest BCUT2D eigenvalue weighted by atomic mass is 10.1. The standard InChI is InChI=1S/C16H18O2/c1-12-8-13(2)10-15(9-12)18-11-14-6-4-5-7-16(14)17-3/h4-10H,11H2,1-3H3. The number of methoxy groups -OCH3 is 1. The van der Waals surface area contributed by atoms with Gasteiger partial charge >= 0.3 is 0 Å². The minimum atomic E-state index is 0.521. The van der Waals surface area contributed by atoms with Crippen LogP contribution in [-0.2, 0) is 6.61 Å². The average Bonchev–Trinajstić information content (AvgIpc) is 2.35. The van der Waals surface area contributed by atoms with Crippen molar-refractivity contribution in [2.45, 2.75) is 20.5 Å². The highest BCUT2D eigenvalue weighted by atomic mass is 16.5. The summed E-state index contributed by atoms with van der Waals surface area (Å²) in [5, 5.41) is 0. The summed E-state index contributed by atoms with van der Waals surface area (Å²) < 4.78 is 11.1. The van der Waals surface area contributed by atoms with E-state index in [1.54, 1.807) is 7.11 Å². The van der Waals surface area contributed by atoms with Crippen LogP contribution in [0.5, 0.6) is 11.5 Å². The predicted octanol–water partition coefficient (Wildman–Crippen LogP) is 3.89. The monoisotopic (exact) mass is 242 g/mol. The maximum absolute atomic E-state index is 5.82. The van der Waals surface area contributed by atoms with E-state index in [9.17, 15) is 0 Å². The third-order valence-corrected chi connectivity index (χ3v) is 2.78. The molecule has 0 saturated heterocycles. The van der Waals surface area contributed by atoms with Crippen molar-refractivity contribution < 1.29 is 9.47 Å². The van der Waals surface area contributed by atoms with Gasteiger partial charge in [0.05, 0.1) is 7.11 Å². The summed E-state index contributed by atoms with van der Waals surface area (Å²) in [5.74, 6) is 1.76. The molecular formula is C16H18O2. The van der Waals surface area contributed by atoms with Gasteiger partial charge in [-0.2, -0.15) is 0 Å². The molecule has 2 rings (SSSR count). The van der Waals surface area contributed by atoms with E-state index in [1.165, 1.54) is 11.1 Å². The zero-order valence-corrected chi connectivity index (χ0v) is 11.1. The van der Waals surface area contributed by atoms with Gasteiger partial charge in [-0.05, 0) is 43.2 Å². The maximum atomic E-state index is 5.82. The number of aryl methyl sites for hydroxylation is 2. The van der Waals surface area contributed by atoms with Gasteiger partial charge in [0.1, 0.15) is 18.1 Å². The Hall–Kier alpha value is -1.96. The van der Waals surface area contributed by atoms with Crippen LogP contribution in [0.4, 0.5) is 0 Å². The molecule has 0 bridgehead atoms. The smallest absolute Gasteiger partial charge is 0.125 e. The molecule has 94 valence electrons. The molecule has 18 heavy (non-hydrogen) atoms. The lowest BCUT2D eigenvalue weighted by Gasteiger charge is -2.11. The summed E-state index contributed by atoms with van der Waals surface area (Å²) >= 11 is 0. The highest BCUT2D eigenvalue weighted by Crippen LogP contribution is 2.21. The van der Waals surface area contributed by atoms with Crippen LogP contribution in [0.2, 0.25) is 0 Å². The van der Waals surface area contributed by atoms with Crippen molar-refractivity contribution in [3.05, 3.63) is 59.2 Å². The molecule has 0 amide bonds. The van der Waals surface area contributed by atoms with E-state index in [4.69, 9.17) is 9.47 Å². The first-order chi connectivity index (χ1) is 8.69. The van der Waals surface area contributed by atoms with E-state index in [2.05, 4.69) is 19.9 Å². The SMILES string of the molecule is COc1ccccc1COc1cc(C)cc(C)c1.